The van der Waals surface area contributed by atoms with E-state index in [0.717, 1.165) is 17.7 Å². The molecule has 3 aromatic rings. The van der Waals surface area contributed by atoms with Gasteiger partial charge in [-0.3, -0.25) is 4.79 Å². The van der Waals surface area contributed by atoms with Gasteiger partial charge in [-0.05, 0) is 53.9 Å². The molecule has 3 nitrogen and oxygen atoms in total. The van der Waals surface area contributed by atoms with Gasteiger partial charge in [0.25, 0.3) is 5.91 Å². The third-order valence-corrected chi connectivity index (χ3v) is 4.17. The first-order chi connectivity index (χ1) is 11.7. The molecule has 3 rings (SSSR count). The molecule has 1 N–H and O–H groups in total. The van der Waals surface area contributed by atoms with Crippen LogP contribution in [0.4, 0.5) is 0 Å². The van der Waals surface area contributed by atoms with E-state index in [-0.39, 0.29) is 5.91 Å². The van der Waals surface area contributed by atoms with Crippen LogP contribution in [0.5, 0.6) is 5.75 Å². The van der Waals surface area contributed by atoms with Crippen molar-refractivity contribution in [2.75, 3.05) is 13.7 Å². The Morgan fingerprint density at radius 2 is 1.83 bits per heavy atom. The first-order valence-corrected chi connectivity index (χ1v) is 8.08. The van der Waals surface area contributed by atoms with Crippen molar-refractivity contribution in [3.05, 3.63) is 77.4 Å². The molecule has 0 aliphatic rings. The molecule has 0 saturated carbocycles. The average molecular weight is 319 g/mol. The molecule has 3 heteroatoms. The minimum absolute atomic E-state index is 0.0344. The second-order valence-electron chi connectivity index (χ2n) is 5.88. The number of aryl methyl sites for hydroxylation is 1. The third-order valence-electron chi connectivity index (χ3n) is 4.17. The number of nitrogens with one attached hydrogen (secondary N) is 1. The highest BCUT2D eigenvalue weighted by atomic mass is 16.5. The van der Waals surface area contributed by atoms with Gasteiger partial charge in [-0.1, -0.05) is 42.0 Å². The predicted octanol–water partition coefficient (Wildman–Crippen LogP) is 4.13. The highest BCUT2D eigenvalue weighted by molar-refractivity contribution is 5.94. The number of amides is 1. The minimum atomic E-state index is -0.0344. The highest BCUT2D eigenvalue weighted by Crippen LogP contribution is 2.24. The van der Waals surface area contributed by atoms with Crippen LogP contribution in [0.15, 0.2) is 60.7 Å². The molecule has 0 aromatic heterocycles. The summed E-state index contributed by atoms with van der Waals surface area (Å²) in [5.41, 5.74) is 3.05. The number of carbonyl (C=O) groups is 1. The van der Waals surface area contributed by atoms with Gasteiger partial charge in [-0.15, -0.1) is 0 Å². The van der Waals surface area contributed by atoms with E-state index in [4.69, 9.17) is 4.74 Å². The molecular weight excluding hydrogens is 298 g/mol. The molecule has 0 spiro atoms. The van der Waals surface area contributed by atoms with E-state index in [1.807, 2.05) is 49.4 Å². The standard InChI is InChI=1S/C21H21NO2/c1-15-6-8-18(9-7-15)21(23)22-13-12-17-5-3-4-16-10-11-19(24-2)14-20(16)17/h3-11,14H,12-13H2,1-2H3,(H,22,23). The van der Waals surface area contributed by atoms with Crippen LogP contribution in [-0.2, 0) is 6.42 Å². The van der Waals surface area contributed by atoms with Crippen LogP contribution in [0.25, 0.3) is 10.8 Å². The summed E-state index contributed by atoms with van der Waals surface area (Å²) in [6.45, 7) is 2.61. The van der Waals surface area contributed by atoms with E-state index in [1.54, 1.807) is 7.11 Å². The first-order valence-electron chi connectivity index (χ1n) is 8.08. The van der Waals surface area contributed by atoms with Crippen LogP contribution in [0.2, 0.25) is 0 Å². The fraction of sp³-hybridized carbons (Fsp3) is 0.190. The van der Waals surface area contributed by atoms with Crippen LogP contribution >= 0.6 is 0 Å². The first kappa shape index (κ1) is 16.1. The number of carbonyl (C=O) groups excluding carboxylic acids is 1. The molecular formula is C21H21NO2. The summed E-state index contributed by atoms with van der Waals surface area (Å²) in [5.74, 6) is 0.812. The lowest BCUT2D eigenvalue weighted by Gasteiger charge is -2.10. The molecule has 0 unspecified atom stereocenters. The van der Waals surface area contributed by atoms with Gasteiger partial charge in [0.2, 0.25) is 0 Å². The molecule has 0 fully saturated rings. The number of ether oxygens (including phenoxy) is 1. The SMILES string of the molecule is COc1ccc2cccc(CCNC(=O)c3ccc(C)cc3)c2c1. The maximum absolute atomic E-state index is 12.2. The zero-order valence-electron chi connectivity index (χ0n) is 14.0. The Hall–Kier alpha value is -2.81. The van der Waals surface area contributed by atoms with Crippen molar-refractivity contribution in [3.63, 3.8) is 0 Å². The Labute approximate surface area is 142 Å². The van der Waals surface area contributed by atoms with Crippen molar-refractivity contribution in [3.8, 4) is 5.75 Å². The van der Waals surface area contributed by atoms with E-state index in [2.05, 4.69) is 23.5 Å². The summed E-state index contributed by atoms with van der Waals surface area (Å²) in [4.78, 5) is 12.2. The summed E-state index contributed by atoms with van der Waals surface area (Å²) < 4.78 is 5.32. The van der Waals surface area contributed by atoms with Gasteiger partial charge in [0, 0.05) is 12.1 Å². The fourth-order valence-electron chi connectivity index (χ4n) is 2.78. The number of rotatable bonds is 5. The summed E-state index contributed by atoms with van der Waals surface area (Å²) >= 11 is 0. The molecule has 0 radical (unpaired) electrons. The number of hydrogen-bond donors (Lipinski definition) is 1. The lowest BCUT2D eigenvalue weighted by Crippen LogP contribution is -2.25. The summed E-state index contributed by atoms with van der Waals surface area (Å²) in [7, 11) is 1.67. The van der Waals surface area contributed by atoms with Crippen molar-refractivity contribution in [1.29, 1.82) is 0 Å². The van der Waals surface area contributed by atoms with E-state index < -0.39 is 0 Å². The van der Waals surface area contributed by atoms with E-state index in [1.165, 1.54) is 16.3 Å². The molecule has 0 aliphatic heterocycles. The number of fused-ring (bicyclic) bond motifs is 1. The van der Waals surface area contributed by atoms with E-state index >= 15 is 0 Å². The lowest BCUT2D eigenvalue weighted by atomic mass is 10.0. The molecule has 0 saturated heterocycles. The minimum Gasteiger partial charge on any atom is -0.497 e. The third kappa shape index (κ3) is 3.57. The topological polar surface area (TPSA) is 38.3 Å². The van der Waals surface area contributed by atoms with Gasteiger partial charge >= 0.3 is 0 Å². The lowest BCUT2D eigenvalue weighted by molar-refractivity contribution is 0.0954. The zero-order valence-corrected chi connectivity index (χ0v) is 14.0. The van der Waals surface area contributed by atoms with E-state index in [0.29, 0.717) is 12.1 Å². The molecule has 0 atom stereocenters. The Morgan fingerprint density at radius 3 is 2.58 bits per heavy atom. The quantitative estimate of drug-likeness (QED) is 0.768. The highest BCUT2D eigenvalue weighted by Gasteiger charge is 2.06. The number of methoxy groups -OCH3 is 1. The van der Waals surface area contributed by atoms with Gasteiger partial charge in [0.1, 0.15) is 5.75 Å². The zero-order chi connectivity index (χ0) is 16.9. The summed E-state index contributed by atoms with van der Waals surface area (Å²) in [6, 6.07) is 19.9. The molecule has 1 amide bonds. The van der Waals surface area contributed by atoms with Crippen molar-refractivity contribution < 1.29 is 9.53 Å². The van der Waals surface area contributed by atoms with Gasteiger partial charge in [0.15, 0.2) is 0 Å². The summed E-state index contributed by atoms with van der Waals surface area (Å²) in [5, 5.41) is 5.34. The van der Waals surface area contributed by atoms with Crippen molar-refractivity contribution in [1.82, 2.24) is 5.32 Å². The number of benzene rings is 3. The van der Waals surface area contributed by atoms with E-state index in [9.17, 15) is 4.79 Å². The summed E-state index contributed by atoms with van der Waals surface area (Å²) in [6.07, 6.45) is 0.780. The van der Waals surface area contributed by atoms with Gasteiger partial charge in [-0.2, -0.15) is 0 Å². The van der Waals surface area contributed by atoms with Crippen LogP contribution < -0.4 is 10.1 Å². The van der Waals surface area contributed by atoms with Crippen LogP contribution in [0.3, 0.4) is 0 Å². The smallest absolute Gasteiger partial charge is 0.251 e. The number of hydrogen-bond acceptors (Lipinski definition) is 2. The largest absolute Gasteiger partial charge is 0.497 e. The maximum Gasteiger partial charge on any atom is 0.251 e. The normalized spacial score (nSPS) is 10.6. The second-order valence-corrected chi connectivity index (χ2v) is 5.88. The van der Waals surface area contributed by atoms with Crippen LogP contribution in [0, 0.1) is 6.92 Å². The van der Waals surface area contributed by atoms with Gasteiger partial charge < -0.3 is 10.1 Å². The Balaban J connectivity index is 1.69. The Morgan fingerprint density at radius 1 is 1.04 bits per heavy atom. The van der Waals surface area contributed by atoms with Crippen molar-refractivity contribution >= 4 is 16.7 Å². The Kier molecular flexibility index (Phi) is 4.80. The fourth-order valence-corrected chi connectivity index (χ4v) is 2.78. The van der Waals surface area contributed by atoms with Crippen LogP contribution in [0.1, 0.15) is 21.5 Å². The average Bonchev–Trinajstić information content (AvgIpc) is 2.62. The second kappa shape index (κ2) is 7.18. The monoisotopic (exact) mass is 319 g/mol. The van der Waals surface area contributed by atoms with Gasteiger partial charge in [0.05, 0.1) is 7.11 Å². The predicted molar refractivity (Wildman–Crippen MR) is 97.7 cm³/mol. The molecule has 24 heavy (non-hydrogen) atoms. The molecule has 0 aliphatic carbocycles. The van der Waals surface area contributed by atoms with Crippen LogP contribution in [-0.4, -0.2) is 19.6 Å². The molecule has 3 aromatic carbocycles. The van der Waals surface area contributed by atoms with Crippen molar-refractivity contribution in [2.24, 2.45) is 0 Å². The molecule has 0 heterocycles. The maximum atomic E-state index is 12.2. The van der Waals surface area contributed by atoms with Crippen molar-refractivity contribution in [2.45, 2.75) is 13.3 Å². The van der Waals surface area contributed by atoms with Gasteiger partial charge in [-0.25, -0.2) is 0 Å². The molecule has 122 valence electrons. The molecule has 0 bridgehead atoms. The Bertz CT molecular complexity index is 853.